The molecule has 1 atom stereocenters. The van der Waals surface area contributed by atoms with Gasteiger partial charge < -0.3 is 0 Å². The second-order valence-corrected chi connectivity index (χ2v) is 8.46. The highest BCUT2D eigenvalue weighted by Gasteiger charge is 2.39. The van der Waals surface area contributed by atoms with Gasteiger partial charge in [-0.3, -0.25) is 19.8 Å². The Labute approximate surface area is 194 Å². The lowest BCUT2D eigenvalue weighted by molar-refractivity contribution is -0.384. The molecule has 0 unspecified atom stereocenters. The first-order valence-corrected chi connectivity index (χ1v) is 10.9. The number of carbonyl (C=O) groups excluding carboxylic acids is 1. The van der Waals surface area contributed by atoms with Gasteiger partial charge in [-0.25, -0.2) is 5.01 Å². The lowest BCUT2D eigenvalue weighted by atomic mass is 10.1. The van der Waals surface area contributed by atoms with E-state index >= 15 is 0 Å². The van der Waals surface area contributed by atoms with Crippen LogP contribution in [-0.2, 0) is 11.3 Å². The summed E-state index contributed by atoms with van der Waals surface area (Å²) in [4.78, 5) is 25.6. The van der Waals surface area contributed by atoms with Crippen LogP contribution in [0.5, 0.6) is 0 Å². The fourth-order valence-electron chi connectivity index (χ4n) is 3.76. The molecule has 1 fully saturated rings. The molecule has 0 N–H and O–H groups in total. The van der Waals surface area contributed by atoms with Crippen molar-refractivity contribution in [3.05, 3.63) is 110 Å². The highest BCUT2D eigenvalue weighted by molar-refractivity contribution is 9.10. The lowest BCUT2D eigenvalue weighted by Crippen LogP contribution is -2.29. The minimum Gasteiger partial charge on any atom is -0.271 e. The molecule has 1 amide bonds. The molecular weight excluding hydrogens is 472 g/mol. The van der Waals surface area contributed by atoms with Crippen molar-refractivity contribution in [2.75, 3.05) is 6.54 Å². The van der Waals surface area contributed by atoms with E-state index in [-0.39, 0.29) is 24.3 Å². The topological polar surface area (TPSA) is 79.0 Å². The largest absolute Gasteiger partial charge is 0.271 e. The number of hydrogen-bond donors (Lipinski definition) is 0. The zero-order valence-corrected chi connectivity index (χ0v) is 19.0. The van der Waals surface area contributed by atoms with E-state index in [0.29, 0.717) is 12.3 Å². The summed E-state index contributed by atoms with van der Waals surface area (Å²) in [6, 6.07) is 24.0. The first-order chi connectivity index (χ1) is 15.4. The maximum atomic E-state index is 13.0. The van der Waals surface area contributed by atoms with Crippen molar-refractivity contribution in [1.82, 2.24) is 9.91 Å². The van der Waals surface area contributed by atoms with Gasteiger partial charge in [0.25, 0.3) is 11.6 Å². The Morgan fingerprint density at radius 3 is 2.47 bits per heavy atom. The highest BCUT2D eigenvalue weighted by atomic mass is 79.9. The van der Waals surface area contributed by atoms with E-state index in [1.165, 1.54) is 17.1 Å². The standard InChI is InChI=1S/C24H21BrN4O3/c1-17(19-10-12-22(13-11-19)29(31)32)26-28-23(30)16-27(15-18-6-3-2-4-7-18)24(28)20-8-5-9-21(25)14-20/h2-14,24H,15-16H2,1H3/b26-17-/t24-/m1/s1. The van der Waals surface area contributed by atoms with Crippen molar-refractivity contribution in [3.63, 3.8) is 0 Å². The molecule has 0 spiro atoms. The van der Waals surface area contributed by atoms with Crippen LogP contribution in [0.2, 0.25) is 0 Å². The van der Waals surface area contributed by atoms with Crippen molar-refractivity contribution in [1.29, 1.82) is 0 Å². The molecule has 0 aliphatic carbocycles. The number of benzene rings is 3. The van der Waals surface area contributed by atoms with Crippen LogP contribution in [0.1, 0.15) is 29.8 Å². The number of non-ortho nitro benzene ring substituents is 1. The Morgan fingerprint density at radius 2 is 1.81 bits per heavy atom. The molecule has 0 saturated carbocycles. The van der Waals surface area contributed by atoms with E-state index in [9.17, 15) is 14.9 Å². The van der Waals surface area contributed by atoms with Crippen molar-refractivity contribution in [2.45, 2.75) is 19.6 Å². The number of nitro groups is 1. The molecule has 1 heterocycles. The Hall–Kier alpha value is -3.36. The average Bonchev–Trinajstić information content (AvgIpc) is 3.08. The normalized spacial score (nSPS) is 17.1. The molecule has 4 rings (SSSR count). The third-order valence-electron chi connectivity index (χ3n) is 5.30. The molecule has 0 bridgehead atoms. The molecule has 0 radical (unpaired) electrons. The van der Waals surface area contributed by atoms with Gasteiger partial charge in [-0.2, -0.15) is 5.10 Å². The van der Waals surface area contributed by atoms with Crippen LogP contribution in [-0.4, -0.2) is 33.0 Å². The van der Waals surface area contributed by atoms with Crippen LogP contribution in [0.4, 0.5) is 5.69 Å². The van der Waals surface area contributed by atoms with E-state index in [1.54, 1.807) is 19.1 Å². The zero-order valence-electron chi connectivity index (χ0n) is 17.4. The minimum absolute atomic E-state index is 0.0137. The molecule has 32 heavy (non-hydrogen) atoms. The Bertz CT molecular complexity index is 1170. The van der Waals surface area contributed by atoms with Gasteiger partial charge in [-0.1, -0.05) is 58.4 Å². The number of nitrogens with zero attached hydrogens (tertiary/aromatic N) is 4. The molecular formula is C24H21BrN4O3. The van der Waals surface area contributed by atoms with E-state index in [4.69, 9.17) is 0 Å². The van der Waals surface area contributed by atoms with Crippen LogP contribution in [0, 0.1) is 10.1 Å². The lowest BCUT2D eigenvalue weighted by Gasteiger charge is -2.28. The fourth-order valence-corrected chi connectivity index (χ4v) is 4.17. The monoisotopic (exact) mass is 492 g/mol. The second kappa shape index (κ2) is 9.42. The Balaban J connectivity index is 1.69. The Morgan fingerprint density at radius 1 is 1.09 bits per heavy atom. The number of hydrogen-bond acceptors (Lipinski definition) is 5. The van der Waals surface area contributed by atoms with Crippen molar-refractivity contribution >= 4 is 33.2 Å². The molecule has 8 heteroatoms. The number of nitro benzene ring substituents is 1. The van der Waals surface area contributed by atoms with Crippen LogP contribution in [0.15, 0.2) is 88.4 Å². The summed E-state index contributed by atoms with van der Waals surface area (Å²) in [7, 11) is 0. The van der Waals surface area contributed by atoms with Crippen LogP contribution >= 0.6 is 15.9 Å². The van der Waals surface area contributed by atoms with E-state index in [0.717, 1.165) is 21.2 Å². The second-order valence-electron chi connectivity index (χ2n) is 7.55. The van der Waals surface area contributed by atoms with E-state index < -0.39 is 4.92 Å². The van der Waals surface area contributed by atoms with Gasteiger partial charge in [0.1, 0.15) is 6.17 Å². The van der Waals surface area contributed by atoms with Gasteiger partial charge in [-0.05, 0) is 47.9 Å². The molecule has 0 aromatic heterocycles. The first-order valence-electron chi connectivity index (χ1n) is 10.1. The number of halogens is 1. The number of amides is 1. The predicted octanol–water partition coefficient (Wildman–Crippen LogP) is 5.12. The molecule has 1 aliphatic rings. The van der Waals surface area contributed by atoms with Crippen molar-refractivity contribution in [3.8, 4) is 0 Å². The minimum atomic E-state index is -0.439. The van der Waals surface area contributed by atoms with Gasteiger partial charge in [0.2, 0.25) is 0 Å². The van der Waals surface area contributed by atoms with Gasteiger partial charge in [0, 0.05) is 23.2 Å². The highest BCUT2D eigenvalue weighted by Crippen LogP contribution is 2.34. The fraction of sp³-hybridized carbons (Fsp3) is 0.167. The van der Waals surface area contributed by atoms with Gasteiger partial charge in [-0.15, -0.1) is 0 Å². The van der Waals surface area contributed by atoms with Crippen LogP contribution in [0.3, 0.4) is 0 Å². The summed E-state index contributed by atoms with van der Waals surface area (Å²) in [6.45, 7) is 2.64. The molecule has 3 aromatic carbocycles. The summed E-state index contributed by atoms with van der Waals surface area (Å²) < 4.78 is 0.921. The number of hydrazone groups is 1. The third-order valence-corrected chi connectivity index (χ3v) is 5.79. The van der Waals surface area contributed by atoms with Gasteiger partial charge >= 0.3 is 0 Å². The number of rotatable bonds is 6. The maximum Gasteiger partial charge on any atom is 0.269 e. The molecule has 1 aliphatic heterocycles. The summed E-state index contributed by atoms with van der Waals surface area (Å²) in [5.74, 6) is -0.104. The summed E-state index contributed by atoms with van der Waals surface area (Å²) in [5.41, 5.74) is 3.40. The summed E-state index contributed by atoms with van der Waals surface area (Å²) in [6.07, 6.45) is -0.367. The SMILES string of the molecule is C/C(=N/N1C(=O)CN(Cc2ccccc2)[C@H]1c1cccc(Br)c1)c1ccc([N+](=O)[O-])cc1. The maximum absolute atomic E-state index is 13.0. The smallest absolute Gasteiger partial charge is 0.269 e. The molecule has 162 valence electrons. The quantitative estimate of drug-likeness (QED) is 0.271. The third kappa shape index (κ3) is 4.76. The van der Waals surface area contributed by atoms with E-state index in [1.807, 2.05) is 54.6 Å². The van der Waals surface area contributed by atoms with Gasteiger partial charge in [0.15, 0.2) is 0 Å². The zero-order chi connectivity index (χ0) is 22.7. The first kappa shape index (κ1) is 21.9. The van der Waals surface area contributed by atoms with Crippen molar-refractivity contribution in [2.24, 2.45) is 5.10 Å². The molecule has 1 saturated heterocycles. The predicted molar refractivity (Wildman–Crippen MR) is 126 cm³/mol. The van der Waals surface area contributed by atoms with Gasteiger partial charge in [0.05, 0.1) is 17.2 Å². The average molecular weight is 493 g/mol. The summed E-state index contributed by atoms with van der Waals surface area (Å²) >= 11 is 3.52. The van der Waals surface area contributed by atoms with Crippen molar-refractivity contribution < 1.29 is 9.72 Å². The van der Waals surface area contributed by atoms with Crippen LogP contribution in [0.25, 0.3) is 0 Å². The molecule has 7 nitrogen and oxygen atoms in total. The number of carbonyl (C=O) groups is 1. The summed E-state index contributed by atoms with van der Waals surface area (Å²) in [5, 5.41) is 17.1. The molecule has 3 aromatic rings. The Kier molecular flexibility index (Phi) is 6.43. The van der Waals surface area contributed by atoms with E-state index in [2.05, 4.69) is 25.9 Å². The van der Waals surface area contributed by atoms with Crippen LogP contribution < -0.4 is 0 Å².